The van der Waals surface area contributed by atoms with E-state index < -0.39 is 35.1 Å². The third-order valence-electron chi connectivity index (χ3n) is 4.80. The fourth-order valence-electron chi connectivity index (χ4n) is 3.47. The van der Waals surface area contributed by atoms with Crippen LogP contribution in [0.5, 0.6) is 5.75 Å². The van der Waals surface area contributed by atoms with Gasteiger partial charge in [-0.1, -0.05) is 18.5 Å². The number of hydrogen-bond acceptors (Lipinski definition) is 3. The number of nitrogens with zero attached hydrogens (tertiary/aromatic N) is 1. The Morgan fingerprint density at radius 3 is 2.50 bits per heavy atom. The summed E-state index contributed by atoms with van der Waals surface area (Å²) in [6.45, 7) is 3.25. The van der Waals surface area contributed by atoms with E-state index in [1.54, 1.807) is 13.8 Å². The van der Waals surface area contributed by atoms with Gasteiger partial charge < -0.3 is 10.8 Å². The van der Waals surface area contributed by atoms with Crippen molar-refractivity contribution in [3.05, 3.63) is 63.8 Å². The number of phenolic OH excluding ortho intramolecular Hbond substituents is 1. The number of carbonyl (C=O) groups is 2. The fraction of sp³-hybridized carbons (Fsp3) is 0.200. The van der Waals surface area contributed by atoms with Crippen LogP contribution in [0.3, 0.4) is 0 Å². The molecule has 0 saturated heterocycles. The van der Waals surface area contributed by atoms with Gasteiger partial charge in [-0.15, -0.1) is 0 Å². The number of aromatic nitrogens is 1. The summed E-state index contributed by atoms with van der Waals surface area (Å²) >= 11 is 5.67. The topological polar surface area (TPSA) is 85.3 Å². The molecule has 0 saturated carbocycles. The number of phenols is 1. The molecule has 3 aromatic rings. The van der Waals surface area contributed by atoms with Crippen LogP contribution in [0.25, 0.3) is 10.9 Å². The first kappa shape index (κ1) is 19.8. The van der Waals surface area contributed by atoms with Crippen molar-refractivity contribution in [1.29, 1.82) is 0 Å². The molecule has 0 aliphatic rings. The van der Waals surface area contributed by atoms with Crippen LogP contribution in [-0.4, -0.2) is 21.5 Å². The Bertz CT molecular complexity index is 1120. The molecule has 8 heteroatoms. The molecule has 3 N–H and O–H groups in total. The Balaban J connectivity index is 2.36. The van der Waals surface area contributed by atoms with Crippen molar-refractivity contribution >= 4 is 34.3 Å². The number of rotatable bonds is 4. The van der Waals surface area contributed by atoms with Gasteiger partial charge in [-0.25, -0.2) is 8.78 Å². The zero-order valence-electron chi connectivity index (χ0n) is 15.1. The molecule has 1 amide bonds. The molecule has 5 nitrogen and oxygen atoms in total. The van der Waals surface area contributed by atoms with Gasteiger partial charge in [0.2, 0.25) is 5.91 Å². The molecule has 1 aromatic heterocycles. The normalized spacial score (nSPS) is 12.3. The quantitative estimate of drug-likeness (QED) is 0.679. The number of aromatic hydroxyl groups is 1. The van der Waals surface area contributed by atoms with E-state index in [0.717, 1.165) is 12.1 Å². The van der Waals surface area contributed by atoms with E-state index in [4.69, 9.17) is 17.3 Å². The number of carbonyl (C=O) groups excluding carboxylic acids is 2. The smallest absolute Gasteiger partial charge is 0.262 e. The minimum Gasteiger partial charge on any atom is -0.505 e. The van der Waals surface area contributed by atoms with E-state index in [1.807, 2.05) is 0 Å². The first-order valence-electron chi connectivity index (χ1n) is 8.50. The maximum Gasteiger partial charge on any atom is 0.262 e. The van der Waals surface area contributed by atoms with Gasteiger partial charge in [0, 0.05) is 16.6 Å². The Kier molecular flexibility index (Phi) is 5.12. The highest BCUT2D eigenvalue weighted by atomic mass is 35.5. The number of benzene rings is 2. The summed E-state index contributed by atoms with van der Waals surface area (Å²) < 4.78 is 29.8. The minimum absolute atomic E-state index is 0.00550. The standard InChI is InChI=1S/C20H17ClF2N2O3/c1-3-11(19(24)27)16-9(2)25(14-6-7-15(26)18(23)17(14)16)20(28)10-4-5-12(21)13(22)8-10/h4-8,11,26H,3H2,1-2H3,(H2,24,27). The highest BCUT2D eigenvalue weighted by Crippen LogP contribution is 2.38. The molecule has 1 atom stereocenters. The average Bonchev–Trinajstić information content (AvgIpc) is 2.93. The van der Waals surface area contributed by atoms with Crippen molar-refractivity contribution in [3.63, 3.8) is 0 Å². The molecule has 0 fully saturated rings. The third-order valence-corrected chi connectivity index (χ3v) is 5.11. The zero-order chi connectivity index (χ0) is 20.7. The molecule has 0 spiro atoms. The van der Waals surface area contributed by atoms with Gasteiger partial charge in [-0.05, 0) is 49.2 Å². The summed E-state index contributed by atoms with van der Waals surface area (Å²) in [5, 5.41) is 9.61. The van der Waals surface area contributed by atoms with Crippen LogP contribution in [0.1, 0.15) is 40.9 Å². The second kappa shape index (κ2) is 7.24. The summed E-state index contributed by atoms with van der Waals surface area (Å²) in [7, 11) is 0. The Labute approximate surface area is 164 Å². The van der Waals surface area contributed by atoms with Crippen molar-refractivity contribution < 1.29 is 23.5 Å². The Morgan fingerprint density at radius 1 is 1.25 bits per heavy atom. The minimum atomic E-state index is -0.955. The predicted molar refractivity (Wildman–Crippen MR) is 102 cm³/mol. The van der Waals surface area contributed by atoms with E-state index in [9.17, 15) is 23.5 Å². The first-order chi connectivity index (χ1) is 13.2. The Morgan fingerprint density at radius 2 is 1.93 bits per heavy atom. The second-order valence-electron chi connectivity index (χ2n) is 6.42. The molecule has 0 radical (unpaired) electrons. The van der Waals surface area contributed by atoms with Crippen molar-refractivity contribution in [1.82, 2.24) is 4.57 Å². The van der Waals surface area contributed by atoms with Gasteiger partial charge in [0.1, 0.15) is 5.82 Å². The van der Waals surface area contributed by atoms with Gasteiger partial charge in [-0.2, -0.15) is 0 Å². The van der Waals surface area contributed by atoms with E-state index in [1.165, 1.54) is 22.8 Å². The van der Waals surface area contributed by atoms with Gasteiger partial charge in [0.25, 0.3) is 5.91 Å². The van der Waals surface area contributed by atoms with Crippen molar-refractivity contribution in [3.8, 4) is 5.75 Å². The first-order valence-corrected chi connectivity index (χ1v) is 8.88. The number of hydrogen-bond donors (Lipinski definition) is 2. The maximum absolute atomic E-state index is 14.8. The molecule has 3 rings (SSSR count). The van der Waals surface area contributed by atoms with Crippen LogP contribution in [0.15, 0.2) is 30.3 Å². The molecule has 0 bridgehead atoms. The zero-order valence-corrected chi connectivity index (χ0v) is 15.8. The summed E-state index contributed by atoms with van der Waals surface area (Å²) in [6.07, 6.45) is 0.272. The lowest BCUT2D eigenvalue weighted by atomic mass is 9.93. The SMILES string of the molecule is CCC(C(N)=O)c1c(C)n(C(=O)c2ccc(Cl)c(F)c2)c2ccc(O)c(F)c12. The number of amides is 1. The monoisotopic (exact) mass is 406 g/mol. The number of primary amides is 1. The number of halogens is 3. The average molecular weight is 407 g/mol. The number of nitrogens with two attached hydrogens (primary N) is 1. The summed E-state index contributed by atoms with van der Waals surface area (Å²) in [5.74, 6) is -4.52. The van der Waals surface area contributed by atoms with Gasteiger partial charge in [-0.3, -0.25) is 14.2 Å². The highest BCUT2D eigenvalue weighted by Gasteiger charge is 2.30. The molecule has 146 valence electrons. The van der Waals surface area contributed by atoms with Crippen molar-refractivity contribution in [2.75, 3.05) is 0 Å². The van der Waals surface area contributed by atoms with E-state index in [0.29, 0.717) is 0 Å². The maximum atomic E-state index is 14.8. The largest absolute Gasteiger partial charge is 0.505 e. The fourth-order valence-corrected chi connectivity index (χ4v) is 3.59. The van der Waals surface area contributed by atoms with Crippen molar-refractivity contribution in [2.24, 2.45) is 5.73 Å². The molecule has 0 aliphatic heterocycles. The van der Waals surface area contributed by atoms with Crippen LogP contribution in [0.2, 0.25) is 5.02 Å². The molecule has 1 heterocycles. The van der Waals surface area contributed by atoms with Crippen LogP contribution in [0.4, 0.5) is 8.78 Å². The molecular weight excluding hydrogens is 390 g/mol. The molecule has 1 unspecified atom stereocenters. The van der Waals surface area contributed by atoms with Crippen molar-refractivity contribution in [2.45, 2.75) is 26.2 Å². The van der Waals surface area contributed by atoms with Crippen LogP contribution in [-0.2, 0) is 4.79 Å². The van der Waals surface area contributed by atoms with Gasteiger partial charge in [0.15, 0.2) is 11.6 Å². The van der Waals surface area contributed by atoms with Gasteiger partial charge >= 0.3 is 0 Å². The summed E-state index contributed by atoms with van der Waals surface area (Å²) in [5.41, 5.74) is 6.12. The van der Waals surface area contributed by atoms with E-state index in [-0.39, 0.29) is 39.2 Å². The lowest BCUT2D eigenvalue weighted by Gasteiger charge is -2.13. The van der Waals surface area contributed by atoms with Gasteiger partial charge in [0.05, 0.1) is 16.5 Å². The van der Waals surface area contributed by atoms with Crippen LogP contribution < -0.4 is 5.73 Å². The third kappa shape index (κ3) is 3.01. The van der Waals surface area contributed by atoms with E-state index in [2.05, 4.69) is 0 Å². The molecule has 28 heavy (non-hydrogen) atoms. The summed E-state index contributed by atoms with van der Waals surface area (Å²) in [6, 6.07) is 6.05. The van der Waals surface area contributed by atoms with E-state index >= 15 is 0 Å². The van der Waals surface area contributed by atoms with Crippen LogP contribution in [0, 0.1) is 18.6 Å². The molecule has 2 aromatic carbocycles. The second-order valence-corrected chi connectivity index (χ2v) is 6.83. The lowest BCUT2D eigenvalue weighted by molar-refractivity contribution is -0.119. The predicted octanol–water partition coefficient (Wildman–Crippen LogP) is 4.25. The van der Waals surface area contributed by atoms with Crippen LogP contribution >= 0.6 is 11.6 Å². The summed E-state index contributed by atoms with van der Waals surface area (Å²) in [4.78, 5) is 25.0. The number of fused-ring (bicyclic) bond motifs is 1. The highest BCUT2D eigenvalue weighted by molar-refractivity contribution is 6.30. The Hall–Kier alpha value is -2.93. The molecule has 0 aliphatic carbocycles. The molecular formula is C20H17ClF2N2O3. The lowest BCUT2D eigenvalue weighted by Crippen LogP contribution is -2.22.